The summed E-state index contributed by atoms with van der Waals surface area (Å²) in [5, 5.41) is 8.49. The second-order valence-electron chi connectivity index (χ2n) is 5.19. The molecule has 116 valence electrons. The van der Waals surface area contributed by atoms with Gasteiger partial charge in [-0.1, -0.05) is 0 Å². The first-order chi connectivity index (χ1) is 9.16. The van der Waals surface area contributed by atoms with E-state index in [4.69, 9.17) is 9.84 Å². The molecule has 0 aliphatic heterocycles. The fourth-order valence-corrected chi connectivity index (χ4v) is 1.44. The van der Waals surface area contributed by atoms with E-state index >= 15 is 0 Å². The van der Waals surface area contributed by atoms with E-state index in [0.29, 0.717) is 13.0 Å². The lowest BCUT2D eigenvalue weighted by molar-refractivity contribution is -0.159. The van der Waals surface area contributed by atoms with Crippen LogP contribution in [0.25, 0.3) is 0 Å². The molecular formula is C13H23NO6. The molecule has 0 unspecified atom stereocenters. The fourth-order valence-electron chi connectivity index (χ4n) is 1.44. The van der Waals surface area contributed by atoms with E-state index in [1.165, 1.54) is 7.11 Å². The van der Waals surface area contributed by atoms with Gasteiger partial charge in [0.15, 0.2) is 0 Å². The van der Waals surface area contributed by atoms with Crippen LogP contribution >= 0.6 is 0 Å². The van der Waals surface area contributed by atoms with Crippen molar-refractivity contribution in [2.24, 2.45) is 0 Å². The standard InChI is InChI=1S/C13H23NO6/c1-13(2,20-11(17)6-5-10(15)16)7-8-14(3)9-12(18)19-4/h5-9H2,1-4H3,(H,15,16). The number of carbonyl (C=O) groups is 3. The minimum Gasteiger partial charge on any atom is -0.481 e. The number of ether oxygens (including phenoxy) is 2. The molecule has 20 heavy (non-hydrogen) atoms. The summed E-state index contributed by atoms with van der Waals surface area (Å²) >= 11 is 0. The maximum Gasteiger partial charge on any atom is 0.319 e. The van der Waals surface area contributed by atoms with Crippen LogP contribution < -0.4 is 0 Å². The number of methoxy groups -OCH3 is 1. The molecule has 0 aliphatic carbocycles. The molecule has 1 N–H and O–H groups in total. The lowest BCUT2D eigenvalue weighted by atomic mass is 10.0. The van der Waals surface area contributed by atoms with Crippen molar-refractivity contribution in [3.8, 4) is 0 Å². The molecule has 0 heterocycles. The van der Waals surface area contributed by atoms with E-state index in [2.05, 4.69) is 4.74 Å². The maximum atomic E-state index is 11.5. The molecule has 0 aromatic carbocycles. The van der Waals surface area contributed by atoms with Crippen molar-refractivity contribution in [3.05, 3.63) is 0 Å². The summed E-state index contributed by atoms with van der Waals surface area (Å²) < 4.78 is 9.78. The third-order valence-electron chi connectivity index (χ3n) is 2.66. The molecule has 0 radical (unpaired) electrons. The van der Waals surface area contributed by atoms with Crippen LogP contribution in [0.15, 0.2) is 0 Å². The van der Waals surface area contributed by atoms with Crippen molar-refractivity contribution in [1.29, 1.82) is 0 Å². The van der Waals surface area contributed by atoms with Gasteiger partial charge in [0, 0.05) is 6.54 Å². The second kappa shape index (κ2) is 8.52. The first-order valence-electron chi connectivity index (χ1n) is 6.35. The highest BCUT2D eigenvalue weighted by molar-refractivity contribution is 5.76. The van der Waals surface area contributed by atoms with E-state index < -0.39 is 17.5 Å². The van der Waals surface area contributed by atoms with Crippen LogP contribution in [-0.4, -0.2) is 60.8 Å². The Morgan fingerprint density at radius 1 is 1.15 bits per heavy atom. The monoisotopic (exact) mass is 289 g/mol. The summed E-state index contributed by atoms with van der Waals surface area (Å²) in [5.41, 5.74) is -0.708. The number of nitrogens with zero attached hydrogens (tertiary/aromatic N) is 1. The molecule has 0 fully saturated rings. The van der Waals surface area contributed by atoms with Crippen LogP contribution in [-0.2, 0) is 23.9 Å². The zero-order chi connectivity index (χ0) is 15.8. The van der Waals surface area contributed by atoms with Gasteiger partial charge in [0.2, 0.25) is 0 Å². The van der Waals surface area contributed by atoms with Gasteiger partial charge in [0.25, 0.3) is 0 Å². The summed E-state index contributed by atoms with van der Waals surface area (Å²) in [7, 11) is 3.09. The Labute approximate surface area is 118 Å². The van der Waals surface area contributed by atoms with Crippen LogP contribution in [0.4, 0.5) is 0 Å². The summed E-state index contributed by atoms with van der Waals surface area (Å²) in [6.45, 7) is 4.21. The molecule has 0 saturated carbocycles. The Bertz CT molecular complexity index is 353. The summed E-state index contributed by atoms with van der Waals surface area (Å²) in [4.78, 5) is 34.6. The maximum absolute atomic E-state index is 11.5. The second-order valence-corrected chi connectivity index (χ2v) is 5.19. The smallest absolute Gasteiger partial charge is 0.319 e. The predicted octanol–water partition coefficient (Wildman–Crippen LogP) is 0.668. The minimum absolute atomic E-state index is 0.142. The van der Waals surface area contributed by atoms with Crippen LogP contribution in [0.3, 0.4) is 0 Å². The Kier molecular flexibility index (Phi) is 7.83. The molecular weight excluding hydrogens is 266 g/mol. The van der Waals surface area contributed by atoms with E-state index in [9.17, 15) is 14.4 Å². The minimum atomic E-state index is -1.03. The molecule has 0 aliphatic rings. The van der Waals surface area contributed by atoms with Crippen LogP contribution in [0.5, 0.6) is 0 Å². The molecule has 0 aromatic heterocycles. The molecule has 0 amide bonds. The van der Waals surface area contributed by atoms with Gasteiger partial charge in [0.05, 0.1) is 26.5 Å². The number of likely N-dealkylation sites (N-methyl/N-ethyl adjacent to an activating group) is 1. The number of hydrogen-bond donors (Lipinski definition) is 1. The molecule has 7 nitrogen and oxygen atoms in total. The van der Waals surface area contributed by atoms with Crippen LogP contribution in [0.2, 0.25) is 0 Å². The zero-order valence-electron chi connectivity index (χ0n) is 12.5. The summed E-state index contributed by atoms with van der Waals surface area (Å²) in [6, 6.07) is 0. The summed E-state index contributed by atoms with van der Waals surface area (Å²) in [5.74, 6) is -1.89. The third-order valence-corrected chi connectivity index (χ3v) is 2.66. The predicted molar refractivity (Wildman–Crippen MR) is 71.2 cm³/mol. The zero-order valence-corrected chi connectivity index (χ0v) is 12.5. The van der Waals surface area contributed by atoms with Gasteiger partial charge < -0.3 is 14.6 Å². The van der Waals surface area contributed by atoms with Crippen LogP contribution in [0, 0.1) is 0 Å². The molecule has 0 saturated heterocycles. The average Bonchev–Trinajstić information content (AvgIpc) is 2.33. The van der Waals surface area contributed by atoms with E-state index in [0.717, 1.165) is 0 Å². The lowest BCUT2D eigenvalue weighted by Crippen LogP contribution is -2.35. The number of carboxylic acids is 1. The van der Waals surface area contributed by atoms with Gasteiger partial charge in [-0.3, -0.25) is 19.3 Å². The highest BCUT2D eigenvalue weighted by Crippen LogP contribution is 2.16. The first-order valence-corrected chi connectivity index (χ1v) is 6.35. The Hall–Kier alpha value is -1.63. The molecule has 0 atom stereocenters. The van der Waals surface area contributed by atoms with Crippen molar-refractivity contribution >= 4 is 17.9 Å². The quantitative estimate of drug-likeness (QED) is 0.623. The largest absolute Gasteiger partial charge is 0.481 e. The van der Waals surface area contributed by atoms with Gasteiger partial charge in [0.1, 0.15) is 5.60 Å². The number of aliphatic carboxylic acids is 1. The van der Waals surface area contributed by atoms with Gasteiger partial charge in [-0.25, -0.2) is 0 Å². The Morgan fingerprint density at radius 3 is 2.25 bits per heavy atom. The van der Waals surface area contributed by atoms with E-state index in [-0.39, 0.29) is 25.4 Å². The molecule has 7 heteroatoms. The number of rotatable bonds is 9. The molecule has 0 spiro atoms. The topological polar surface area (TPSA) is 93.1 Å². The van der Waals surface area contributed by atoms with Gasteiger partial charge in [-0.05, 0) is 27.3 Å². The number of carboxylic acid groups (broad SMARTS) is 1. The van der Waals surface area contributed by atoms with Crippen molar-refractivity contribution in [2.45, 2.75) is 38.7 Å². The SMILES string of the molecule is COC(=O)CN(C)CCC(C)(C)OC(=O)CCC(=O)O. The molecule has 0 bridgehead atoms. The summed E-state index contributed by atoms with van der Waals surface area (Å²) in [6.07, 6.45) is 0.146. The highest BCUT2D eigenvalue weighted by Gasteiger charge is 2.23. The fraction of sp³-hybridized carbons (Fsp3) is 0.769. The highest BCUT2D eigenvalue weighted by atomic mass is 16.6. The Morgan fingerprint density at radius 2 is 1.75 bits per heavy atom. The van der Waals surface area contributed by atoms with E-state index in [1.54, 1.807) is 25.8 Å². The number of carbonyl (C=O) groups excluding carboxylic acids is 2. The van der Waals surface area contributed by atoms with Crippen molar-refractivity contribution < 1.29 is 29.0 Å². The first kappa shape index (κ1) is 18.4. The average molecular weight is 289 g/mol. The van der Waals surface area contributed by atoms with Gasteiger partial charge in [-0.2, -0.15) is 0 Å². The lowest BCUT2D eigenvalue weighted by Gasteiger charge is -2.27. The molecule has 0 rings (SSSR count). The van der Waals surface area contributed by atoms with Crippen molar-refractivity contribution in [3.63, 3.8) is 0 Å². The number of hydrogen-bond acceptors (Lipinski definition) is 6. The third kappa shape index (κ3) is 9.32. The van der Waals surface area contributed by atoms with Crippen LogP contribution in [0.1, 0.15) is 33.1 Å². The molecule has 0 aromatic rings. The van der Waals surface area contributed by atoms with E-state index in [1.807, 2.05) is 0 Å². The van der Waals surface area contributed by atoms with Gasteiger partial charge >= 0.3 is 17.9 Å². The van der Waals surface area contributed by atoms with Gasteiger partial charge in [-0.15, -0.1) is 0 Å². The van der Waals surface area contributed by atoms with Crippen molar-refractivity contribution in [1.82, 2.24) is 4.90 Å². The Balaban J connectivity index is 4.08. The normalized spacial score (nSPS) is 11.2. The van der Waals surface area contributed by atoms with Crippen molar-refractivity contribution in [2.75, 3.05) is 27.2 Å². The number of esters is 2.